The van der Waals surface area contributed by atoms with Gasteiger partial charge in [0.25, 0.3) is 0 Å². The molecule has 1 aliphatic heterocycles. The average molecular weight is 501 g/mol. The van der Waals surface area contributed by atoms with Crippen LogP contribution in [-0.2, 0) is 12.8 Å². The molecule has 4 heteroatoms. The summed E-state index contributed by atoms with van der Waals surface area (Å²) in [4.78, 5) is 0. The Labute approximate surface area is 212 Å². The van der Waals surface area contributed by atoms with Gasteiger partial charge < -0.3 is 9.05 Å². The van der Waals surface area contributed by atoms with Gasteiger partial charge in [-0.2, -0.15) is 0 Å². The molecule has 0 radical (unpaired) electrons. The van der Waals surface area contributed by atoms with E-state index in [1.165, 1.54) is 59.1 Å². The summed E-state index contributed by atoms with van der Waals surface area (Å²) in [7, 11) is 1.73. The van der Waals surface area contributed by atoms with Gasteiger partial charge in [-0.05, 0) is 81.5 Å². The first-order valence-corrected chi connectivity index (χ1v) is 16.4. The van der Waals surface area contributed by atoms with Crippen molar-refractivity contribution in [3.05, 3.63) is 57.6 Å². The maximum atomic E-state index is 6.62. The Balaban J connectivity index is 2.24. The van der Waals surface area contributed by atoms with Crippen LogP contribution in [0.15, 0.2) is 24.3 Å². The van der Waals surface area contributed by atoms with Crippen LogP contribution < -0.4 is 9.05 Å². The molecule has 0 spiro atoms. The van der Waals surface area contributed by atoms with E-state index in [9.17, 15) is 0 Å². The zero-order valence-electron chi connectivity index (χ0n) is 22.5. The fraction of sp³-hybridized carbons (Fsp3) is 0.600. The number of hydrogen-bond acceptors (Lipinski definition) is 2. The van der Waals surface area contributed by atoms with E-state index in [0.29, 0.717) is 11.8 Å². The molecule has 1 aliphatic rings. The Kier molecular flexibility index (Phi) is 10.3. The van der Waals surface area contributed by atoms with Crippen LogP contribution in [0.3, 0.4) is 0 Å². The Bertz CT molecular complexity index is 880. The van der Waals surface area contributed by atoms with Gasteiger partial charge in [0, 0.05) is 17.0 Å². The van der Waals surface area contributed by atoms with Crippen LogP contribution >= 0.6 is 17.0 Å². The summed E-state index contributed by atoms with van der Waals surface area (Å²) in [5.74, 6) is 3.46. The lowest BCUT2D eigenvalue weighted by molar-refractivity contribution is 0.478. The standard InChI is InChI=1S/C30H46O2P2/c1-8-12-14-23-16-25(20(5)10-3)18-27-22(7)28-19-26(21(6)11-4)17-24(15-13-9-2)30(28)32-34(33)31-29(23)27/h16-22H,8-15,33H2,1-7H3. The van der Waals surface area contributed by atoms with Crippen LogP contribution in [0.4, 0.5) is 0 Å². The summed E-state index contributed by atoms with van der Waals surface area (Å²) < 4.78 is 13.2. The van der Waals surface area contributed by atoms with E-state index >= 15 is 0 Å². The van der Waals surface area contributed by atoms with E-state index in [2.05, 4.69) is 81.7 Å². The first kappa shape index (κ1) is 27.5. The third kappa shape index (κ3) is 6.17. The molecule has 0 saturated heterocycles. The molecule has 3 atom stereocenters. The van der Waals surface area contributed by atoms with E-state index in [0.717, 1.165) is 37.2 Å². The van der Waals surface area contributed by atoms with Crippen LogP contribution in [0, 0.1) is 0 Å². The van der Waals surface area contributed by atoms with E-state index in [1.54, 1.807) is 0 Å². The maximum Gasteiger partial charge on any atom is 0.307 e. The van der Waals surface area contributed by atoms with Gasteiger partial charge >= 0.3 is 8.06 Å². The van der Waals surface area contributed by atoms with Crippen molar-refractivity contribution < 1.29 is 9.05 Å². The smallest absolute Gasteiger partial charge is 0.307 e. The van der Waals surface area contributed by atoms with Gasteiger partial charge in [-0.15, -0.1) is 0 Å². The predicted octanol–water partition coefficient (Wildman–Crippen LogP) is 10.4. The van der Waals surface area contributed by atoms with Crippen molar-refractivity contribution in [2.75, 3.05) is 0 Å². The van der Waals surface area contributed by atoms with Gasteiger partial charge in [0.1, 0.15) is 11.5 Å². The second kappa shape index (κ2) is 12.7. The topological polar surface area (TPSA) is 18.5 Å². The SMILES string of the molecule is CCCCc1cc(C(C)CC)cc2c1OP(P)Oc1c(CCCC)cc(C(C)CC)cc1C2C. The van der Waals surface area contributed by atoms with E-state index in [1.807, 2.05) is 0 Å². The minimum Gasteiger partial charge on any atom is -0.435 e. The maximum absolute atomic E-state index is 6.62. The number of rotatable bonds is 10. The fourth-order valence-electron chi connectivity index (χ4n) is 4.86. The summed E-state index contributed by atoms with van der Waals surface area (Å²) in [5, 5.41) is 0. The third-order valence-corrected chi connectivity index (χ3v) is 9.05. The molecule has 2 aromatic carbocycles. The van der Waals surface area contributed by atoms with Crippen molar-refractivity contribution in [1.82, 2.24) is 0 Å². The Morgan fingerprint density at radius 1 is 0.765 bits per heavy atom. The molecule has 0 N–H and O–H groups in total. The third-order valence-electron chi connectivity index (χ3n) is 7.69. The summed E-state index contributed by atoms with van der Waals surface area (Å²) in [5.41, 5.74) is 8.28. The highest BCUT2D eigenvalue weighted by Crippen LogP contribution is 2.56. The first-order valence-electron chi connectivity index (χ1n) is 13.6. The van der Waals surface area contributed by atoms with Gasteiger partial charge in [0.2, 0.25) is 0 Å². The molecular formula is C30H46O2P2. The van der Waals surface area contributed by atoms with Crippen molar-refractivity contribution in [2.45, 2.75) is 118 Å². The molecule has 0 aromatic heterocycles. The van der Waals surface area contributed by atoms with Gasteiger partial charge in [-0.3, -0.25) is 0 Å². The van der Waals surface area contributed by atoms with E-state index in [4.69, 9.17) is 9.05 Å². The van der Waals surface area contributed by atoms with Gasteiger partial charge in [-0.1, -0.05) is 85.6 Å². The van der Waals surface area contributed by atoms with Gasteiger partial charge in [0.15, 0.2) is 0 Å². The average Bonchev–Trinajstić information content (AvgIpc) is 2.84. The second-order valence-corrected chi connectivity index (χ2v) is 12.4. The zero-order valence-corrected chi connectivity index (χ0v) is 24.6. The van der Waals surface area contributed by atoms with Crippen LogP contribution in [0.25, 0.3) is 0 Å². The fourth-order valence-corrected chi connectivity index (χ4v) is 6.33. The van der Waals surface area contributed by atoms with Crippen molar-refractivity contribution in [1.29, 1.82) is 0 Å². The molecule has 0 fully saturated rings. The molecule has 1 heterocycles. The van der Waals surface area contributed by atoms with Crippen molar-refractivity contribution in [2.24, 2.45) is 0 Å². The van der Waals surface area contributed by atoms with Gasteiger partial charge in [-0.25, -0.2) is 0 Å². The van der Waals surface area contributed by atoms with Crippen LogP contribution in [0.1, 0.15) is 138 Å². The second-order valence-electron chi connectivity index (χ2n) is 10.2. The Morgan fingerprint density at radius 3 is 1.53 bits per heavy atom. The molecule has 0 bridgehead atoms. The van der Waals surface area contributed by atoms with Crippen molar-refractivity contribution >= 4 is 17.0 Å². The number of aryl methyl sites for hydroxylation is 2. The number of hydrogen-bond donors (Lipinski definition) is 0. The molecule has 34 heavy (non-hydrogen) atoms. The predicted molar refractivity (Wildman–Crippen MR) is 153 cm³/mol. The summed E-state index contributed by atoms with van der Waals surface area (Å²) >= 11 is 0. The summed E-state index contributed by atoms with van der Waals surface area (Å²) in [6.45, 7) is 16.2. The molecule has 3 rings (SSSR count). The summed E-state index contributed by atoms with van der Waals surface area (Å²) in [6.07, 6.45) is 9.15. The molecule has 188 valence electrons. The quantitative estimate of drug-likeness (QED) is 0.302. The molecule has 3 unspecified atom stereocenters. The molecular weight excluding hydrogens is 454 g/mol. The van der Waals surface area contributed by atoms with Gasteiger partial charge in [0.05, 0.1) is 0 Å². The van der Waals surface area contributed by atoms with Crippen LogP contribution in [0.2, 0.25) is 0 Å². The van der Waals surface area contributed by atoms with E-state index in [-0.39, 0.29) is 5.92 Å². The zero-order chi connectivity index (χ0) is 24.8. The lowest BCUT2D eigenvalue weighted by atomic mass is 9.82. The number of benzene rings is 2. The summed E-state index contributed by atoms with van der Waals surface area (Å²) in [6, 6.07) is 9.70. The number of fused-ring (bicyclic) bond motifs is 2. The highest BCUT2D eigenvalue weighted by atomic mass is 32.0. The normalized spacial score (nSPS) is 19.2. The Morgan fingerprint density at radius 2 is 1.18 bits per heavy atom. The number of unbranched alkanes of at least 4 members (excludes halogenated alkanes) is 2. The highest BCUT2D eigenvalue weighted by Gasteiger charge is 2.29. The minimum atomic E-state index is -1.13. The largest absolute Gasteiger partial charge is 0.435 e. The van der Waals surface area contributed by atoms with Crippen molar-refractivity contribution in [3.63, 3.8) is 0 Å². The van der Waals surface area contributed by atoms with Crippen molar-refractivity contribution in [3.8, 4) is 11.5 Å². The van der Waals surface area contributed by atoms with E-state index < -0.39 is 8.06 Å². The molecule has 2 nitrogen and oxygen atoms in total. The lowest BCUT2D eigenvalue weighted by Gasteiger charge is -2.31. The molecule has 0 saturated carbocycles. The molecule has 0 amide bonds. The lowest BCUT2D eigenvalue weighted by Crippen LogP contribution is -2.12. The van der Waals surface area contributed by atoms with Crippen LogP contribution in [-0.4, -0.2) is 0 Å². The first-order chi connectivity index (χ1) is 16.3. The highest BCUT2D eigenvalue weighted by molar-refractivity contribution is 8.08. The monoisotopic (exact) mass is 500 g/mol. The molecule has 0 aliphatic carbocycles. The minimum absolute atomic E-state index is 0.229. The molecule has 2 aromatic rings. The Hall–Kier alpha value is -1.10. The van der Waals surface area contributed by atoms with Crippen LogP contribution in [0.5, 0.6) is 11.5 Å².